The van der Waals surface area contributed by atoms with Crippen LogP contribution in [0.5, 0.6) is 0 Å². The quantitative estimate of drug-likeness (QED) is 0.649. The molecule has 1 saturated heterocycles. The Balaban J connectivity index is 2.55. The van der Waals surface area contributed by atoms with Gasteiger partial charge in [0.05, 0.1) is 0 Å². The van der Waals surface area contributed by atoms with E-state index in [0.717, 1.165) is 13.2 Å². The lowest BCUT2D eigenvalue weighted by Crippen LogP contribution is -2.33. The Bertz CT molecular complexity index is 235. The van der Waals surface area contributed by atoms with Gasteiger partial charge in [0.25, 0.3) is 0 Å². The molecule has 0 saturated carbocycles. The first-order chi connectivity index (χ1) is 8.12. The van der Waals surface area contributed by atoms with Crippen LogP contribution in [0.3, 0.4) is 0 Å². The maximum Gasteiger partial charge on any atom is 0.0471 e. The number of hydrogen-bond acceptors (Lipinski definition) is 1. The van der Waals surface area contributed by atoms with Crippen LogP contribution in [0.1, 0.15) is 80.1 Å². The highest BCUT2D eigenvalue weighted by Crippen LogP contribution is 2.45. The van der Waals surface area contributed by atoms with Crippen LogP contribution in [-0.4, -0.2) is 13.2 Å². The van der Waals surface area contributed by atoms with E-state index < -0.39 is 0 Å². The van der Waals surface area contributed by atoms with Crippen LogP contribution >= 0.6 is 0 Å². The van der Waals surface area contributed by atoms with Crippen molar-refractivity contribution in [3.05, 3.63) is 0 Å². The molecular formula is C17H34O. The highest BCUT2D eigenvalue weighted by molar-refractivity contribution is 4.86. The summed E-state index contributed by atoms with van der Waals surface area (Å²) in [6.45, 7) is 16.2. The highest BCUT2D eigenvalue weighted by atomic mass is 16.5. The van der Waals surface area contributed by atoms with Gasteiger partial charge >= 0.3 is 0 Å². The first kappa shape index (κ1) is 16.0. The van der Waals surface area contributed by atoms with E-state index in [4.69, 9.17) is 4.74 Å². The Kier molecular flexibility index (Phi) is 5.29. The van der Waals surface area contributed by atoms with Gasteiger partial charge in [0.15, 0.2) is 0 Å². The van der Waals surface area contributed by atoms with Gasteiger partial charge in [-0.25, -0.2) is 0 Å². The molecule has 1 aliphatic rings. The fourth-order valence-electron chi connectivity index (χ4n) is 3.44. The molecule has 0 spiro atoms. The summed E-state index contributed by atoms with van der Waals surface area (Å²) in [7, 11) is 0. The van der Waals surface area contributed by atoms with Crippen molar-refractivity contribution < 1.29 is 4.74 Å². The molecule has 1 nitrogen and oxygen atoms in total. The Morgan fingerprint density at radius 3 is 1.89 bits per heavy atom. The van der Waals surface area contributed by atoms with Crippen molar-refractivity contribution in [2.24, 2.45) is 16.2 Å². The van der Waals surface area contributed by atoms with Crippen LogP contribution in [0.2, 0.25) is 0 Å². The first-order valence-corrected chi connectivity index (χ1v) is 7.70. The summed E-state index contributed by atoms with van der Waals surface area (Å²) in [6, 6.07) is 0. The Labute approximate surface area is 115 Å². The maximum atomic E-state index is 5.59. The van der Waals surface area contributed by atoms with Gasteiger partial charge in [0.2, 0.25) is 0 Å². The molecular weight excluding hydrogens is 220 g/mol. The van der Waals surface area contributed by atoms with Gasteiger partial charge in [-0.2, -0.15) is 0 Å². The summed E-state index contributed by atoms with van der Waals surface area (Å²) < 4.78 is 5.59. The molecule has 1 heterocycles. The lowest BCUT2D eigenvalue weighted by atomic mass is 9.66. The summed E-state index contributed by atoms with van der Waals surface area (Å²) in [5.74, 6) is 0. The molecule has 1 heteroatoms. The molecule has 0 aromatic heterocycles. The van der Waals surface area contributed by atoms with Crippen molar-refractivity contribution >= 4 is 0 Å². The molecule has 1 fully saturated rings. The van der Waals surface area contributed by atoms with E-state index in [9.17, 15) is 0 Å². The van der Waals surface area contributed by atoms with E-state index in [1.54, 1.807) is 0 Å². The molecule has 0 atom stereocenters. The summed E-state index contributed by atoms with van der Waals surface area (Å²) in [5.41, 5.74) is 1.48. The average molecular weight is 254 g/mol. The minimum atomic E-state index is 0.444. The van der Waals surface area contributed by atoms with Crippen molar-refractivity contribution in [3.8, 4) is 0 Å². The second-order valence-corrected chi connectivity index (χ2v) is 8.76. The van der Waals surface area contributed by atoms with E-state index in [0.29, 0.717) is 16.2 Å². The van der Waals surface area contributed by atoms with Crippen LogP contribution in [0.4, 0.5) is 0 Å². The van der Waals surface area contributed by atoms with Crippen molar-refractivity contribution in [2.45, 2.75) is 80.1 Å². The third kappa shape index (κ3) is 6.22. The van der Waals surface area contributed by atoms with E-state index >= 15 is 0 Å². The Morgan fingerprint density at radius 2 is 1.44 bits per heavy atom. The van der Waals surface area contributed by atoms with Crippen LogP contribution in [0.25, 0.3) is 0 Å². The van der Waals surface area contributed by atoms with Crippen molar-refractivity contribution in [2.75, 3.05) is 13.2 Å². The normalized spacial score (nSPS) is 21.0. The van der Waals surface area contributed by atoms with Gasteiger partial charge in [0.1, 0.15) is 0 Å². The topological polar surface area (TPSA) is 9.23 Å². The smallest absolute Gasteiger partial charge is 0.0471 e. The second-order valence-electron chi connectivity index (χ2n) is 8.76. The largest absolute Gasteiger partial charge is 0.381 e. The summed E-state index contributed by atoms with van der Waals surface area (Å²) in [6.07, 6.45) is 8.01. The molecule has 0 aromatic rings. The van der Waals surface area contributed by atoms with E-state index in [2.05, 4.69) is 41.5 Å². The molecule has 0 amide bonds. The Hall–Kier alpha value is -0.0400. The van der Waals surface area contributed by atoms with Crippen molar-refractivity contribution in [1.29, 1.82) is 0 Å². The van der Waals surface area contributed by atoms with Gasteiger partial charge in [-0.1, -0.05) is 48.0 Å². The van der Waals surface area contributed by atoms with Crippen molar-refractivity contribution in [1.82, 2.24) is 0 Å². The summed E-state index contributed by atoms with van der Waals surface area (Å²) in [5, 5.41) is 0. The zero-order valence-corrected chi connectivity index (χ0v) is 13.6. The van der Waals surface area contributed by atoms with E-state index in [1.165, 1.54) is 38.5 Å². The molecule has 1 aliphatic heterocycles. The molecule has 0 aliphatic carbocycles. The lowest BCUT2D eigenvalue weighted by molar-refractivity contribution is -0.0131. The number of ether oxygens (including phenoxy) is 1. The SMILES string of the molecule is CC(C)(C)CCCC1(CC(C)(C)C)CCOCC1. The Morgan fingerprint density at radius 1 is 0.889 bits per heavy atom. The standard InChI is InChI=1S/C17H34O/c1-15(2,3)8-7-9-17(14-16(4,5)6)10-12-18-13-11-17/h7-14H2,1-6H3. The zero-order valence-electron chi connectivity index (χ0n) is 13.6. The van der Waals surface area contributed by atoms with Gasteiger partial charge in [0, 0.05) is 13.2 Å². The second kappa shape index (κ2) is 5.94. The summed E-state index contributed by atoms with van der Waals surface area (Å²) >= 11 is 0. The molecule has 0 radical (unpaired) electrons. The third-order valence-corrected chi connectivity index (χ3v) is 4.09. The van der Waals surface area contributed by atoms with Crippen molar-refractivity contribution in [3.63, 3.8) is 0 Å². The predicted octanol–water partition coefficient (Wildman–Crippen LogP) is 5.44. The average Bonchev–Trinajstić information content (AvgIpc) is 2.13. The van der Waals surface area contributed by atoms with E-state index in [-0.39, 0.29) is 0 Å². The van der Waals surface area contributed by atoms with Crippen LogP contribution in [0, 0.1) is 16.2 Å². The lowest BCUT2D eigenvalue weighted by Gasteiger charge is -2.42. The molecule has 18 heavy (non-hydrogen) atoms. The number of hydrogen-bond donors (Lipinski definition) is 0. The minimum Gasteiger partial charge on any atom is -0.381 e. The van der Waals surface area contributed by atoms with Crippen LogP contribution in [-0.2, 0) is 4.74 Å². The monoisotopic (exact) mass is 254 g/mol. The maximum absolute atomic E-state index is 5.59. The minimum absolute atomic E-state index is 0.444. The third-order valence-electron chi connectivity index (χ3n) is 4.09. The van der Waals surface area contributed by atoms with E-state index in [1.807, 2.05) is 0 Å². The fourth-order valence-corrected chi connectivity index (χ4v) is 3.44. The predicted molar refractivity (Wildman–Crippen MR) is 79.9 cm³/mol. The number of rotatable bonds is 4. The van der Waals surface area contributed by atoms with Crippen LogP contribution in [0.15, 0.2) is 0 Å². The zero-order chi connectivity index (χ0) is 13.9. The van der Waals surface area contributed by atoms with Gasteiger partial charge in [-0.05, 0) is 48.3 Å². The summed E-state index contributed by atoms with van der Waals surface area (Å²) in [4.78, 5) is 0. The molecule has 0 unspecified atom stereocenters. The highest BCUT2D eigenvalue weighted by Gasteiger charge is 2.35. The van der Waals surface area contributed by atoms with Crippen LogP contribution < -0.4 is 0 Å². The molecule has 0 aromatic carbocycles. The van der Waals surface area contributed by atoms with Gasteiger partial charge in [-0.3, -0.25) is 0 Å². The molecule has 0 bridgehead atoms. The van der Waals surface area contributed by atoms with Gasteiger partial charge in [-0.15, -0.1) is 0 Å². The fraction of sp³-hybridized carbons (Fsp3) is 1.00. The molecule has 0 N–H and O–H groups in total. The first-order valence-electron chi connectivity index (χ1n) is 7.70. The molecule has 108 valence electrons. The molecule has 1 rings (SSSR count). The van der Waals surface area contributed by atoms with Gasteiger partial charge < -0.3 is 4.74 Å².